The lowest BCUT2D eigenvalue weighted by Crippen LogP contribution is -2.55. The largest absolute Gasteiger partial charge is 0.379 e. The second-order valence-electron chi connectivity index (χ2n) is 3.14. The first kappa shape index (κ1) is 10.4. The van der Waals surface area contributed by atoms with Gasteiger partial charge in [-0.05, 0) is 6.42 Å². The molecule has 0 aromatic rings. The average molecular weight is 187 g/mol. The second-order valence-corrected chi connectivity index (χ2v) is 3.14. The molecule has 76 valence electrons. The van der Waals surface area contributed by atoms with Crippen LogP contribution in [0.3, 0.4) is 0 Å². The van der Waals surface area contributed by atoms with Gasteiger partial charge in [0.25, 0.3) is 0 Å². The van der Waals surface area contributed by atoms with Crippen LogP contribution in [0, 0.1) is 0 Å². The van der Waals surface area contributed by atoms with Gasteiger partial charge in [0.15, 0.2) is 0 Å². The number of ether oxygens (including phenoxy) is 1. The van der Waals surface area contributed by atoms with E-state index in [1.165, 1.54) is 0 Å². The molecule has 1 aliphatic heterocycles. The molecule has 13 heavy (non-hydrogen) atoms. The van der Waals surface area contributed by atoms with E-state index in [1.807, 2.05) is 4.90 Å². The Morgan fingerprint density at radius 2 is 2.31 bits per heavy atom. The maximum atomic E-state index is 10.8. The summed E-state index contributed by atoms with van der Waals surface area (Å²) >= 11 is 0. The Bertz CT molecular complexity index is 175. The van der Waals surface area contributed by atoms with E-state index in [1.54, 1.807) is 0 Å². The highest BCUT2D eigenvalue weighted by atomic mass is 16.5. The van der Waals surface area contributed by atoms with Crippen LogP contribution in [0.15, 0.2) is 0 Å². The molecule has 1 aliphatic rings. The fraction of sp³-hybridized carbons (Fsp3) is 0.875. The molecule has 0 aromatic heterocycles. The molecule has 1 saturated heterocycles. The highest BCUT2D eigenvalue weighted by Crippen LogP contribution is 2.15. The van der Waals surface area contributed by atoms with Gasteiger partial charge in [-0.2, -0.15) is 0 Å². The number of carbonyl (C=O) groups excluding carboxylic acids is 1. The van der Waals surface area contributed by atoms with Crippen LogP contribution in [0.2, 0.25) is 0 Å². The Balaban J connectivity index is 2.05. The molecular formula is C8H17N3O2. The van der Waals surface area contributed by atoms with Crippen LogP contribution in [0.4, 0.5) is 0 Å². The van der Waals surface area contributed by atoms with Gasteiger partial charge in [0.2, 0.25) is 5.91 Å². The molecule has 1 atom stereocenters. The number of hydrogen-bond acceptors (Lipinski definition) is 4. The molecule has 1 amide bonds. The fourth-order valence-corrected chi connectivity index (χ4v) is 1.40. The van der Waals surface area contributed by atoms with Crippen LogP contribution in [-0.2, 0) is 9.53 Å². The van der Waals surface area contributed by atoms with Crippen molar-refractivity contribution in [3.63, 3.8) is 0 Å². The molecule has 0 aromatic carbocycles. The van der Waals surface area contributed by atoms with Gasteiger partial charge in [-0.3, -0.25) is 9.69 Å². The molecule has 0 radical (unpaired) electrons. The van der Waals surface area contributed by atoms with Crippen molar-refractivity contribution in [2.24, 2.45) is 11.5 Å². The third-order valence-electron chi connectivity index (χ3n) is 2.24. The average Bonchev–Trinajstić information content (AvgIpc) is 2.01. The topological polar surface area (TPSA) is 81.6 Å². The van der Waals surface area contributed by atoms with Crippen LogP contribution in [0.5, 0.6) is 0 Å². The van der Waals surface area contributed by atoms with E-state index in [9.17, 15) is 4.79 Å². The number of carbonyl (C=O) groups is 1. The molecule has 1 fully saturated rings. The zero-order valence-electron chi connectivity index (χ0n) is 7.74. The summed E-state index contributed by atoms with van der Waals surface area (Å²) in [6, 6.07) is -0.0681. The lowest BCUT2D eigenvalue weighted by atomic mass is 10.0. The molecule has 0 saturated carbocycles. The van der Waals surface area contributed by atoms with Crippen LogP contribution in [0.25, 0.3) is 0 Å². The summed E-state index contributed by atoms with van der Waals surface area (Å²) in [6.07, 6.45) is 0.881. The van der Waals surface area contributed by atoms with E-state index in [-0.39, 0.29) is 11.9 Å². The lowest BCUT2D eigenvalue weighted by Gasteiger charge is -2.38. The van der Waals surface area contributed by atoms with Gasteiger partial charge in [0.05, 0.1) is 19.3 Å². The Morgan fingerprint density at radius 3 is 2.77 bits per heavy atom. The van der Waals surface area contributed by atoms with E-state index in [0.717, 1.165) is 19.5 Å². The van der Waals surface area contributed by atoms with E-state index < -0.39 is 0 Å². The summed E-state index contributed by atoms with van der Waals surface area (Å²) in [5.74, 6) is -0.231. The van der Waals surface area contributed by atoms with Gasteiger partial charge >= 0.3 is 0 Å². The molecule has 5 nitrogen and oxygen atoms in total. The first-order valence-electron chi connectivity index (χ1n) is 4.57. The van der Waals surface area contributed by atoms with E-state index in [4.69, 9.17) is 16.2 Å². The maximum absolute atomic E-state index is 10.8. The SMILES string of the molecule is NCCOCCN1CCC1C(N)=O. The second kappa shape index (κ2) is 5.16. The molecule has 4 N–H and O–H groups in total. The van der Waals surface area contributed by atoms with Crippen LogP contribution >= 0.6 is 0 Å². The van der Waals surface area contributed by atoms with Crippen molar-refractivity contribution in [1.82, 2.24) is 4.90 Å². The quantitative estimate of drug-likeness (QED) is 0.497. The zero-order chi connectivity index (χ0) is 9.68. The van der Waals surface area contributed by atoms with Gasteiger partial charge in [0, 0.05) is 19.6 Å². The first-order valence-corrected chi connectivity index (χ1v) is 4.57. The molecule has 1 heterocycles. The highest BCUT2D eigenvalue weighted by Gasteiger charge is 2.31. The summed E-state index contributed by atoms with van der Waals surface area (Å²) in [5.41, 5.74) is 10.4. The summed E-state index contributed by atoms with van der Waals surface area (Å²) in [6.45, 7) is 3.46. The van der Waals surface area contributed by atoms with Gasteiger partial charge in [0.1, 0.15) is 0 Å². The first-order chi connectivity index (χ1) is 6.25. The predicted octanol–water partition coefficient (Wildman–Crippen LogP) is -1.48. The van der Waals surface area contributed by atoms with Crippen molar-refractivity contribution in [1.29, 1.82) is 0 Å². The number of nitrogens with zero attached hydrogens (tertiary/aromatic N) is 1. The van der Waals surface area contributed by atoms with Crippen molar-refractivity contribution in [2.45, 2.75) is 12.5 Å². The summed E-state index contributed by atoms with van der Waals surface area (Å²) < 4.78 is 5.20. The summed E-state index contributed by atoms with van der Waals surface area (Å²) in [5, 5.41) is 0. The number of likely N-dealkylation sites (tertiary alicyclic amines) is 1. The van der Waals surface area contributed by atoms with Crippen LogP contribution in [-0.4, -0.2) is 49.7 Å². The summed E-state index contributed by atoms with van der Waals surface area (Å²) in [7, 11) is 0. The third kappa shape index (κ3) is 2.95. The normalized spacial score (nSPS) is 22.7. The van der Waals surface area contributed by atoms with Gasteiger partial charge in [-0.25, -0.2) is 0 Å². The smallest absolute Gasteiger partial charge is 0.234 e. The van der Waals surface area contributed by atoms with Crippen molar-refractivity contribution in [3.8, 4) is 0 Å². The van der Waals surface area contributed by atoms with Crippen LogP contribution in [0.1, 0.15) is 6.42 Å². The number of rotatable bonds is 6. The number of hydrogen-bond donors (Lipinski definition) is 2. The minimum Gasteiger partial charge on any atom is -0.379 e. The number of nitrogens with two attached hydrogens (primary N) is 2. The summed E-state index contributed by atoms with van der Waals surface area (Å²) in [4.78, 5) is 12.8. The monoisotopic (exact) mass is 187 g/mol. The molecule has 0 spiro atoms. The van der Waals surface area contributed by atoms with Crippen molar-refractivity contribution < 1.29 is 9.53 Å². The Hall–Kier alpha value is -0.650. The molecule has 0 bridgehead atoms. The molecule has 0 aliphatic carbocycles. The minimum atomic E-state index is -0.231. The molecule has 1 unspecified atom stereocenters. The molecule has 1 rings (SSSR count). The highest BCUT2D eigenvalue weighted by molar-refractivity contribution is 5.80. The van der Waals surface area contributed by atoms with Crippen molar-refractivity contribution in [3.05, 3.63) is 0 Å². The fourth-order valence-electron chi connectivity index (χ4n) is 1.40. The van der Waals surface area contributed by atoms with Crippen molar-refractivity contribution in [2.75, 3.05) is 32.8 Å². The standard InChI is InChI=1S/C8H17N3O2/c9-2-5-13-6-4-11-3-1-7(11)8(10)12/h7H,1-6,9H2,(H2,10,12). The zero-order valence-corrected chi connectivity index (χ0v) is 7.74. The Kier molecular flexibility index (Phi) is 4.14. The Morgan fingerprint density at radius 1 is 1.54 bits per heavy atom. The van der Waals surface area contributed by atoms with Gasteiger partial charge in [-0.15, -0.1) is 0 Å². The maximum Gasteiger partial charge on any atom is 0.234 e. The van der Waals surface area contributed by atoms with E-state index >= 15 is 0 Å². The minimum absolute atomic E-state index is 0.0681. The third-order valence-corrected chi connectivity index (χ3v) is 2.24. The number of primary amides is 1. The molecule has 5 heteroatoms. The van der Waals surface area contributed by atoms with Gasteiger partial charge in [-0.1, -0.05) is 0 Å². The lowest BCUT2D eigenvalue weighted by molar-refractivity contribution is -0.127. The van der Waals surface area contributed by atoms with Crippen LogP contribution < -0.4 is 11.5 Å². The predicted molar refractivity (Wildman–Crippen MR) is 49.0 cm³/mol. The number of amides is 1. The van der Waals surface area contributed by atoms with E-state index in [2.05, 4.69) is 0 Å². The Labute approximate surface area is 78.0 Å². The van der Waals surface area contributed by atoms with Crippen molar-refractivity contribution >= 4 is 5.91 Å². The van der Waals surface area contributed by atoms with E-state index in [0.29, 0.717) is 19.8 Å². The molecular weight excluding hydrogens is 170 g/mol. The van der Waals surface area contributed by atoms with Gasteiger partial charge < -0.3 is 16.2 Å².